The average Bonchev–Trinajstić information content (AvgIpc) is 3.64. The third-order valence-electron chi connectivity index (χ3n) is 12.7. The van der Waals surface area contributed by atoms with E-state index in [0.29, 0.717) is 24.2 Å². The van der Waals surface area contributed by atoms with Gasteiger partial charge in [0.05, 0.1) is 0 Å². The summed E-state index contributed by atoms with van der Waals surface area (Å²) in [4.78, 5) is 5.76. The van der Waals surface area contributed by atoms with E-state index < -0.39 is 0 Å². The highest BCUT2D eigenvalue weighted by atomic mass is 15.4. The van der Waals surface area contributed by atoms with Crippen molar-refractivity contribution in [2.75, 3.05) is 0 Å². The Morgan fingerprint density at radius 1 is 0.406 bits per heavy atom. The largest absolute Gasteiger partial charge is 0.336 e. The second kappa shape index (κ2) is 7.14. The van der Waals surface area contributed by atoms with Crippen LogP contribution in [0.1, 0.15) is 103 Å². The maximum Gasteiger partial charge on any atom is 0.194 e. The van der Waals surface area contributed by atoms with Crippen molar-refractivity contribution < 1.29 is 0 Å². The summed E-state index contributed by atoms with van der Waals surface area (Å²) in [5.41, 5.74) is 0. The molecule has 0 amide bonds. The van der Waals surface area contributed by atoms with Crippen LogP contribution in [0.2, 0.25) is 0 Å². The Balaban J connectivity index is 1.15. The van der Waals surface area contributed by atoms with Gasteiger partial charge in [-0.15, -0.1) is 0 Å². The van der Waals surface area contributed by atoms with Crippen molar-refractivity contribution >= 4 is 5.96 Å². The molecule has 8 aliphatic carbocycles. The molecule has 0 saturated heterocycles. The molecule has 8 fully saturated rings. The summed E-state index contributed by atoms with van der Waals surface area (Å²) in [6.45, 7) is 0. The molecule has 12 atom stereocenters. The summed E-state index contributed by atoms with van der Waals surface area (Å²) in [7, 11) is 0. The lowest BCUT2D eigenvalue weighted by molar-refractivity contribution is 0.0709. The average molecular weight is 436 g/mol. The van der Waals surface area contributed by atoms with Gasteiger partial charge >= 0.3 is 0 Å². The van der Waals surface area contributed by atoms with Gasteiger partial charge in [-0.1, -0.05) is 25.7 Å². The van der Waals surface area contributed by atoms with Gasteiger partial charge in [0.15, 0.2) is 5.96 Å². The molecule has 8 saturated carbocycles. The summed E-state index contributed by atoms with van der Waals surface area (Å²) in [6.07, 6.45) is 23.4. The van der Waals surface area contributed by atoms with Gasteiger partial charge in [-0.05, 0) is 124 Å². The highest BCUT2D eigenvalue weighted by Gasteiger charge is 2.55. The van der Waals surface area contributed by atoms with E-state index in [1.165, 1.54) is 103 Å². The van der Waals surface area contributed by atoms with Gasteiger partial charge in [0.2, 0.25) is 0 Å². The minimum atomic E-state index is 0.713. The molecule has 0 radical (unpaired) electrons. The van der Waals surface area contributed by atoms with Crippen LogP contribution in [-0.4, -0.2) is 39.9 Å². The molecule has 8 rings (SSSR count). The molecule has 1 N–H and O–H groups in total. The fraction of sp³-hybridized carbons (Fsp3) is 0.966. The monoisotopic (exact) mass is 435 g/mol. The van der Waals surface area contributed by atoms with Crippen molar-refractivity contribution in [3.05, 3.63) is 0 Å². The summed E-state index contributed by atoms with van der Waals surface area (Å²) in [5.74, 6) is 8.62. The lowest BCUT2D eigenvalue weighted by Gasteiger charge is -2.51. The first-order valence-electron chi connectivity index (χ1n) is 14.9. The van der Waals surface area contributed by atoms with Crippen molar-refractivity contribution in [3.63, 3.8) is 0 Å². The quantitative estimate of drug-likeness (QED) is 0.416. The fourth-order valence-corrected chi connectivity index (χ4v) is 11.5. The standard InChI is InChI=1S/C29H45N3/c30-29(31(25-13-17-1-5-21(25)9-17)26-14-18-2-6-22(26)10-18)32(27-15-19-3-7-23(27)11-19)28-16-20-4-8-24(28)12-20/h17-28,30H,1-16H2. The number of nitrogens with zero attached hydrogens (tertiary/aromatic N) is 2. The number of hydrogen-bond donors (Lipinski definition) is 1. The smallest absolute Gasteiger partial charge is 0.194 e. The molecule has 0 aromatic heterocycles. The maximum absolute atomic E-state index is 10.0. The predicted octanol–water partition coefficient (Wildman–Crippen LogP) is 6.28. The van der Waals surface area contributed by atoms with E-state index in [4.69, 9.17) is 0 Å². The molecule has 0 heterocycles. The van der Waals surface area contributed by atoms with Gasteiger partial charge < -0.3 is 9.80 Å². The SMILES string of the molecule is N=C(N(C1CC2CCC1C2)C1CC2CCC1C2)N(C1CC2CCC1C2)C1CC2CCC1C2. The van der Waals surface area contributed by atoms with Crippen LogP contribution in [0.4, 0.5) is 0 Å². The molecule has 176 valence electrons. The summed E-state index contributed by atoms with van der Waals surface area (Å²) >= 11 is 0. The second-order valence-corrected chi connectivity index (χ2v) is 14.1. The summed E-state index contributed by atoms with van der Waals surface area (Å²) in [6, 6.07) is 2.85. The zero-order valence-electron chi connectivity index (χ0n) is 20.1. The molecule has 8 bridgehead atoms. The van der Waals surface area contributed by atoms with Crippen LogP contribution < -0.4 is 0 Å². The number of nitrogens with one attached hydrogen (secondary N) is 1. The van der Waals surface area contributed by atoms with Gasteiger partial charge in [0.25, 0.3) is 0 Å². The third-order valence-corrected chi connectivity index (χ3v) is 12.7. The van der Waals surface area contributed by atoms with E-state index in [1.54, 1.807) is 0 Å². The highest BCUT2D eigenvalue weighted by Crippen LogP contribution is 2.55. The Morgan fingerprint density at radius 2 is 0.688 bits per heavy atom. The zero-order valence-corrected chi connectivity index (χ0v) is 20.1. The van der Waals surface area contributed by atoms with Crippen LogP contribution in [0.15, 0.2) is 0 Å². The first kappa shape index (κ1) is 19.6. The molecular weight excluding hydrogens is 390 g/mol. The molecule has 0 spiro atoms. The van der Waals surface area contributed by atoms with Crippen LogP contribution in [0.3, 0.4) is 0 Å². The Kier molecular flexibility index (Phi) is 4.36. The van der Waals surface area contributed by atoms with Crippen LogP contribution in [0, 0.1) is 52.8 Å². The Morgan fingerprint density at radius 3 is 0.875 bits per heavy atom. The molecule has 3 nitrogen and oxygen atoms in total. The number of guanidine groups is 1. The first-order chi connectivity index (χ1) is 15.7. The molecule has 8 aliphatic rings. The zero-order chi connectivity index (χ0) is 21.0. The van der Waals surface area contributed by atoms with E-state index in [-0.39, 0.29) is 0 Å². The number of fused-ring (bicyclic) bond motifs is 8. The Bertz CT molecular complexity index is 660. The van der Waals surface area contributed by atoms with E-state index in [0.717, 1.165) is 53.3 Å². The van der Waals surface area contributed by atoms with Crippen LogP contribution in [0.25, 0.3) is 0 Å². The Labute approximate surface area is 195 Å². The fourth-order valence-electron chi connectivity index (χ4n) is 11.5. The minimum Gasteiger partial charge on any atom is -0.336 e. The predicted molar refractivity (Wildman–Crippen MR) is 128 cm³/mol. The van der Waals surface area contributed by atoms with Crippen molar-refractivity contribution in [1.82, 2.24) is 9.80 Å². The van der Waals surface area contributed by atoms with Crippen molar-refractivity contribution in [1.29, 1.82) is 5.41 Å². The molecule has 0 aromatic carbocycles. The van der Waals surface area contributed by atoms with Gasteiger partial charge in [0.1, 0.15) is 0 Å². The van der Waals surface area contributed by atoms with Gasteiger partial charge in [-0.25, -0.2) is 0 Å². The normalized spacial score (nSPS) is 54.2. The van der Waals surface area contributed by atoms with E-state index in [2.05, 4.69) is 9.80 Å². The number of hydrogen-bond acceptors (Lipinski definition) is 1. The van der Waals surface area contributed by atoms with E-state index >= 15 is 0 Å². The first-order valence-corrected chi connectivity index (χ1v) is 14.9. The highest BCUT2D eigenvalue weighted by molar-refractivity contribution is 5.79. The molecule has 32 heavy (non-hydrogen) atoms. The Hall–Kier alpha value is -0.730. The van der Waals surface area contributed by atoms with Gasteiger partial charge in [-0.2, -0.15) is 0 Å². The van der Waals surface area contributed by atoms with Gasteiger partial charge in [0, 0.05) is 24.2 Å². The molecule has 0 aliphatic heterocycles. The van der Waals surface area contributed by atoms with Crippen LogP contribution in [-0.2, 0) is 0 Å². The van der Waals surface area contributed by atoms with Gasteiger partial charge in [-0.3, -0.25) is 5.41 Å². The van der Waals surface area contributed by atoms with E-state index in [1.807, 2.05) is 0 Å². The van der Waals surface area contributed by atoms with E-state index in [9.17, 15) is 5.41 Å². The molecule has 12 unspecified atom stereocenters. The minimum absolute atomic E-state index is 0.713. The topological polar surface area (TPSA) is 30.3 Å². The lowest BCUT2D eigenvalue weighted by Crippen LogP contribution is -2.61. The third kappa shape index (κ3) is 2.81. The van der Waals surface area contributed by atoms with Crippen molar-refractivity contribution in [3.8, 4) is 0 Å². The van der Waals surface area contributed by atoms with Crippen LogP contribution in [0.5, 0.6) is 0 Å². The maximum atomic E-state index is 10.0. The van der Waals surface area contributed by atoms with Crippen molar-refractivity contribution in [2.45, 2.75) is 127 Å². The summed E-state index contributed by atoms with van der Waals surface area (Å²) < 4.78 is 0. The van der Waals surface area contributed by atoms with Crippen LogP contribution >= 0.6 is 0 Å². The molecule has 3 heteroatoms. The molecule has 0 aromatic rings. The molecular formula is C29H45N3. The number of rotatable bonds is 4. The second-order valence-electron chi connectivity index (χ2n) is 14.1. The van der Waals surface area contributed by atoms with Crippen molar-refractivity contribution in [2.24, 2.45) is 47.3 Å². The summed E-state index contributed by atoms with van der Waals surface area (Å²) in [5, 5.41) is 10.0. The lowest BCUT2D eigenvalue weighted by atomic mass is 9.86.